The van der Waals surface area contributed by atoms with Crippen molar-refractivity contribution in [1.82, 2.24) is 0 Å². The molecule has 1 aromatic rings. The maximum atomic E-state index is 12.5. The van der Waals surface area contributed by atoms with Crippen LogP contribution in [0.2, 0.25) is 0 Å². The van der Waals surface area contributed by atoms with Crippen molar-refractivity contribution >= 4 is 23.7 Å². The highest BCUT2D eigenvalue weighted by molar-refractivity contribution is 5.53. The van der Waals surface area contributed by atoms with Crippen LogP contribution in [0.25, 0.3) is 0 Å². The minimum absolute atomic E-state index is 0.478. The van der Waals surface area contributed by atoms with Gasteiger partial charge in [-0.1, -0.05) is 0 Å². The van der Waals surface area contributed by atoms with Crippen molar-refractivity contribution in [3.05, 3.63) is 33.9 Å². The predicted molar refractivity (Wildman–Crippen MR) is 58.7 cm³/mol. The van der Waals surface area contributed by atoms with Crippen molar-refractivity contribution in [3.63, 3.8) is 0 Å². The van der Waals surface area contributed by atoms with Gasteiger partial charge in [-0.25, -0.2) is 18.4 Å². The van der Waals surface area contributed by atoms with Crippen molar-refractivity contribution < 1.29 is 43.7 Å². The van der Waals surface area contributed by atoms with Gasteiger partial charge < -0.3 is 26.2 Å². The molecule has 0 radical (unpaired) electrons. The molecule has 6 N–H and O–H groups in total. The van der Waals surface area contributed by atoms with Crippen molar-refractivity contribution in [2.24, 2.45) is 0 Å². The number of nitro groups is 1. The number of halogens is 2. The molecule has 0 saturated heterocycles. The topological polar surface area (TPSA) is 184 Å². The summed E-state index contributed by atoms with van der Waals surface area (Å²) in [6.07, 6.45) is -3.67. The van der Waals surface area contributed by atoms with E-state index >= 15 is 0 Å². The standard InChI is InChI=1S/C6H4F2N2O2.2CH2O3/c7-4-1-3(10(11)12)2-5(9)6(4)8;2*2-1(3)4/h1-2H,9H2;2*(H2,2,3,4). The second kappa shape index (κ2) is 8.84. The molecule has 0 amide bonds. The average Bonchev–Trinajstić information content (AvgIpc) is 2.23. The van der Waals surface area contributed by atoms with Gasteiger partial charge in [-0.3, -0.25) is 10.1 Å². The fourth-order valence-corrected chi connectivity index (χ4v) is 0.701. The molecule has 0 aliphatic heterocycles. The number of carbonyl (C=O) groups is 2. The van der Waals surface area contributed by atoms with Crippen LogP contribution >= 0.6 is 0 Å². The van der Waals surface area contributed by atoms with Crippen LogP contribution in [-0.2, 0) is 0 Å². The molecule has 0 bridgehead atoms. The molecule has 0 aromatic heterocycles. The molecule has 0 saturated carbocycles. The Kier molecular flexibility index (Phi) is 8.48. The quantitative estimate of drug-likeness (QED) is 0.293. The van der Waals surface area contributed by atoms with E-state index in [1.165, 1.54) is 0 Å². The van der Waals surface area contributed by atoms with Gasteiger partial charge in [0.25, 0.3) is 5.69 Å². The molecular weight excluding hydrogens is 290 g/mol. The Bertz CT molecular complexity index is 464. The average molecular weight is 298 g/mol. The number of benzene rings is 1. The number of anilines is 1. The van der Waals surface area contributed by atoms with Gasteiger partial charge in [0.2, 0.25) is 0 Å². The van der Waals surface area contributed by atoms with Crippen molar-refractivity contribution in [3.8, 4) is 0 Å². The molecular formula is C8H8F2N2O8. The van der Waals surface area contributed by atoms with Crippen LogP contribution in [0, 0.1) is 21.7 Å². The normalized spacial score (nSPS) is 8.30. The van der Waals surface area contributed by atoms with E-state index in [0.717, 1.165) is 6.07 Å². The molecule has 0 atom stereocenters. The lowest BCUT2D eigenvalue weighted by Crippen LogP contribution is -1.97. The molecule has 0 heterocycles. The van der Waals surface area contributed by atoms with Gasteiger partial charge in [0.15, 0.2) is 11.6 Å². The van der Waals surface area contributed by atoms with Crippen molar-refractivity contribution in [2.45, 2.75) is 0 Å². The first-order valence-corrected chi connectivity index (χ1v) is 4.21. The first kappa shape index (κ1) is 19.2. The largest absolute Gasteiger partial charge is 0.503 e. The SMILES string of the molecule is Nc1cc([N+](=O)[O-])cc(F)c1F.O=C(O)O.O=C(O)O. The van der Waals surface area contributed by atoms with Gasteiger partial charge in [0.05, 0.1) is 16.7 Å². The maximum Gasteiger partial charge on any atom is 0.503 e. The number of hydrogen-bond acceptors (Lipinski definition) is 5. The Labute approximate surface area is 108 Å². The third-order valence-electron chi connectivity index (χ3n) is 1.25. The van der Waals surface area contributed by atoms with Crippen LogP contribution in [0.4, 0.5) is 29.7 Å². The van der Waals surface area contributed by atoms with E-state index in [2.05, 4.69) is 0 Å². The molecule has 10 nitrogen and oxygen atoms in total. The van der Waals surface area contributed by atoms with Crippen LogP contribution in [0.1, 0.15) is 0 Å². The summed E-state index contributed by atoms with van der Waals surface area (Å²) in [7, 11) is 0. The Morgan fingerprint density at radius 2 is 1.45 bits per heavy atom. The highest BCUT2D eigenvalue weighted by atomic mass is 19.2. The fraction of sp³-hybridized carbons (Fsp3) is 0. The number of hydrogen-bond donors (Lipinski definition) is 5. The van der Waals surface area contributed by atoms with Crippen molar-refractivity contribution in [2.75, 3.05) is 5.73 Å². The molecule has 1 aromatic carbocycles. The summed E-state index contributed by atoms with van der Waals surface area (Å²) in [6, 6.07) is 1.24. The van der Waals surface area contributed by atoms with Gasteiger partial charge in [-0.15, -0.1) is 0 Å². The Morgan fingerprint density at radius 3 is 1.70 bits per heavy atom. The predicted octanol–water partition coefficient (Wildman–Crippen LogP) is 1.90. The van der Waals surface area contributed by atoms with Crippen LogP contribution in [-0.4, -0.2) is 37.7 Å². The molecule has 0 unspecified atom stereocenters. The summed E-state index contributed by atoms with van der Waals surface area (Å²) in [5.74, 6) is -2.58. The lowest BCUT2D eigenvalue weighted by Gasteiger charge is -1.97. The van der Waals surface area contributed by atoms with E-state index in [1.807, 2.05) is 0 Å². The Balaban J connectivity index is 0. The molecule has 1 rings (SSSR count). The first-order valence-electron chi connectivity index (χ1n) is 4.21. The number of nitrogens with zero attached hydrogens (tertiary/aromatic N) is 1. The molecule has 0 spiro atoms. The lowest BCUT2D eigenvalue weighted by molar-refractivity contribution is -0.385. The Hall–Kier alpha value is -3.18. The molecule has 0 aliphatic carbocycles. The number of nitrogen functional groups attached to an aromatic ring is 1. The van der Waals surface area contributed by atoms with Gasteiger partial charge in [0, 0.05) is 6.07 Å². The summed E-state index contributed by atoms with van der Waals surface area (Å²) >= 11 is 0. The van der Waals surface area contributed by atoms with E-state index in [0.29, 0.717) is 6.07 Å². The van der Waals surface area contributed by atoms with E-state index in [4.69, 9.17) is 35.7 Å². The first-order chi connectivity index (χ1) is 8.98. The fourth-order valence-electron chi connectivity index (χ4n) is 0.701. The zero-order chi connectivity index (χ0) is 16.5. The summed E-state index contributed by atoms with van der Waals surface area (Å²) in [4.78, 5) is 26.3. The van der Waals surface area contributed by atoms with Crippen LogP contribution in [0.15, 0.2) is 12.1 Å². The lowest BCUT2D eigenvalue weighted by atomic mass is 10.2. The van der Waals surface area contributed by atoms with Crippen LogP contribution < -0.4 is 5.73 Å². The third kappa shape index (κ3) is 10.0. The second-order valence-corrected chi connectivity index (χ2v) is 2.65. The summed E-state index contributed by atoms with van der Waals surface area (Å²) < 4.78 is 24.9. The Morgan fingerprint density at radius 1 is 1.10 bits per heavy atom. The number of nitro benzene ring substituents is 1. The minimum atomic E-state index is -1.83. The van der Waals surface area contributed by atoms with Gasteiger partial charge in [-0.2, -0.15) is 0 Å². The van der Waals surface area contributed by atoms with E-state index in [1.54, 1.807) is 0 Å². The minimum Gasteiger partial charge on any atom is -0.450 e. The summed E-state index contributed by atoms with van der Waals surface area (Å²) in [5, 5.41) is 38.0. The second-order valence-electron chi connectivity index (χ2n) is 2.65. The van der Waals surface area contributed by atoms with Gasteiger partial charge in [0.1, 0.15) is 0 Å². The van der Waals surface area contributed by atoms with Gasteiger partial charge >= 0.3 is 12.3 Å². The third-order valence-corrected chi connectivity index (χ3v) is 1.25. The molecule has 12 heteroatoms. The smallest absolute Gasteiger partial charge is 0.450 e. The molecule has 0 aliphatic rings. The number of nitrogens with two attached hydrogens (primary N) is 1. The van der Waals surface area contributed by atoms with Crippen molar-refractivity contribution in [1.29, 1.82) is 0 Å². The van der Waals surface area contributed by atoms with E-state index < -0.39 is 40.2 Å². The summed E-state index contributed by atoms with van der Waals surface area (Å²) in [5.41, 5.74) is 3.81. The number of carboxylic acid groups (broad SMARTS) is 4. The summed E-state index contributed by atoms with van der Waals surface area (Å²) in [6.45, 7) is 0. The zero-order valence-electron chi connectivity index (χ0n) is 9.36. The van der Waals surface area contributed by atoms with E-state index in [-0.39, 0.29) is 0 Å². The van der Waals surface area contributed by atoms with Gasteiger partial charge in [-0.05, 0) is 0 Å². The van der Waals surface area contributed by atoms with E-state index in [9.17, 15) is 18.9 Å². The highest BCUT2D eigenvalue weighted by Crippen LogP contribution is 2.21. The number of rotatable bonds is 1. The zero-order valence-corrected chi connectivity index (χ0v) is 9.36. The maximum absolute atomic E-state index is 12.5. The van der Waals surface area contributed by atoms with Crippen LogP contribution in [0.5, 0.6) is 0 Å². The monoisotopic (exact) mass is 298 g/mol. The molecule has 0 fully saturated rings. The number of non-ortho nitro benzene ring substituents is 1. The molecule has 20 heavy (non-hydrogen) atoms. The highest BCUT2D eigenvalue weighted by Gasteiger charge is 2.14. The molecule has 112 valence electrons. The van der Waals surface area contributed by atoms with Crippen LogP contribution in [0.3, 0.4) is 0 Å².